The Labute approximate surface area is 119 Å². The van der Waals surface area contributed by atoms with Crippen LogP contribution in [0.3, 0.4) is 0 Å². The number of carboxylic acids is 1. The number of furan rings is 1. The Balaban J connectivity index is 1.94. The summed E-state index contributed by atoms with van der Waals surface area (Å²) >= 11 is 1.50. The van der Waals surface area contributed by atoms with Crippen molar-refractivity contribution in [1.82, 2.24) is 9.78 Å². The van der Waals surface area contributed by atoms with Gasteiger partial charge in [0.1, 0.15) is 16.9 Å². The number of hydrogen-bond acceptors (Lipinski definition) is 4. The minimum Gasteiger partial charge on any atom is -0.478 e. The number of aromatic carboxylic acids is 1. The van der Waals surface area contributed by atoms with E-state index in [2.05, 4.69) is 5.10 Å². The second-order valence-corrected chi connectivity index (χ2v) is 5.39. The maximum atomic E-state index is 11.4. The number of carbonyl (C=O) groups is 1. The van der Waals surface area contributed by atoms with Gasteiger partial charge in [-0.15, -0.1) is 11.8 Å². The van der Waals surface area contributed by atoms with Crippen molar-refractivity contribution < 1.29 is 14.3 Å². The van der Waals surface area contributed by atoms with Crippen molar-refractivity contribution in [3.8, 4) is 0 Å². The largest absolute Gasteiger partial charge is 0.478 e. The molecule has 20 heavy (non-hydrogen) atoms. The van der Waals surface area contributed by atoms with E-state index in [1.165, 1.54) is 11.8 Å². The number of aryl methyl sites for hydroxylation is 1. The van der Waals surface area contributed by atoms with Gasteiger partial charge in [-0.2, -0.15) is 5.10 Å². The molecule has 0 aliphatic rings. The van der Waals surface area contributed by atoms with Gasteiger partial charge < -0.3 is 9.52 Å². The summed E-state index contributed by atoms with van der Waals surface area (Å²) in [5.74, 6) is -0.0218. The minimum absolute atomic E-state index is 0.247. The molecule has 3 aromatic rings. The predicted octanol–water partition coefficient (Wildman–Crippen LogP) is 3.16. The normalized spacial score (nSPS) is 11.1. The van der Waals surface area contributed by atoms with Gasteiger partial charge in [0.2, 0.25) is 0 Å². The Morgan fingerprint density at radius 1 is 1.45 bits per heavy atom. The molecule has 0 radical (unpaired) electrons. The lowest BCUT2D eigenvalue weighted by Gasteiger charge is -1.97. The number of carboxylic acid groups (broad SMARTS) is 1. The van der Waals surface area contributed by atoms with Crippen molar-refractivity contribution >= 4 is 28.7 Å². The van der Waals surface area contributed by atoms with Crippen LogP contribution in [0.1, 0.15) is 16.1 Å². The van der Waals surface area contributed by atoms with E-state index in [1.807, 2.05) is 25.4 Å². The van der Waals surface area contributed by atoms with Crippen LogP contribution in [-0.2, 0) is 12.8 Å². The minimum atomic E-state index is -0.961. The summed E-state index contributed by atoms with van der Waals surface area (Å²) in [6.45, 7) is 0. The van der Waals surface area contributed by atoms with Gasteiger partial charge in [-0.25, -0.2) is 4.79 Å². The van der Waals surface area contributed by atoms with Crippen molar-refractivity contribution in [3.63, 3.8) is 0 Å². The Morgan fingerprint density at radius 3 is 2.95 bits per heavy atom. The molecule has 3 rings (SSSR count). The lowest BCUT2D eigenvalue weighted by Crippen LogP contribution is -1.98. The first kappa shape index (κ1) is 12.8. The summed E-state index contributed by atoms with van der Waals surface area (Å²) in [6.07, 6.45) is 3.63. The van der Waals surface area contributed by atoms with Crippen LogP contribution < -0.4 is 0 Å². The van der Waals surface area contributed by atoms with Crippen molar-refractivity contribution in [2.75, 3.05) is 0 Å². The number of fused-ring (bicyclic) bond motifs is 1. The molecule has 102 valence electrons. The Hall–Kier alpha value is -2.21. The van der Waals surface area contributed by atoms with E-state index in [4.69, 9.17) is 4.42 Å². The number of para-hydroxylation sites is 1. The van der Waals surface area contributed by atoms with Crippen LogP contribution in [0.2, 0.25) is 0 Å². The highest BCUT2D eigenvalue weighted by Crippen LogP contribution is 2.31. The summed E-state index contributed by atoms with van der Waals surface area (Å²) in [6, 6.07) is 7.18. The highest BCUT2D eigenvalue weighted by molar-refractivity contribution is 7.98. The fourth-order valence-corrected chi connectivity index (χ4v) is 2.90. The van der Waals surface area contributed by atoms with Crippen LogP contribution in [0.25, 0.3) is 11.0 Å². The average Bonchev–Trinajstić information content (AvgIpc) is 2.99. The quantitative estimate of drug-likeness (QED) is 0.747. The summed E-state index contributed by atoms with van der Waals surface area (Å²) in [5.41, 5.74) is 0.851. The zero-order valence-electron chi connectivity index (χ0n) is 10.7. The van der Waals surface area contributed by atoms with E-state index in [1.54, 1.807) is 23.0 Å². The highest BCUT2D eigenvalue weighted by atomic mass is 32.2. The van der Waals surface area contributed by atoms with E-state index >= 15 is 0 Å². The van der Waals surface area contributed by atoms with E-state index < -0.39 is 5.97 Å². The van der Waals surface area contributed by atoms with Gasteiger partial charge in [0, 0.05) is 23.5 Å². The number of aromatic nitrogens is 2. The van der Waals surface area contributed by atoms with E-state index in [-0.39, 0.29) is 5.56 Å². The molecule has 0 amide bonds. The number of rotatable bonds is 4. The molecule has 1 aromatic carbocycles. The SMILES string of the molecule is Cn1cc(SCc2oc3ccccc3c2C(=O)O)cn1. The van der Waals surface area contributed by atoms with Gasteiger partial charge in [0.05, 0.1) is 11.9 Å². The Bertz CT molecular complexity index is 776. The molecular weight excluding hydrogens is 276 g/mol. The molecular formula is C14H12N2O3S. The predicted molar refractivity (Wildman–Crippen MR) is 75.9 cm³/mol. The molecule has 6 heteroatoms. The molecule has 0 aliphatic carbocycles. The van der Waals surface area contributed by atoms with Gasteiger partial charge in [-0.3, -0.25) is 4.68 Å². The summed E-state index contributed by atoms with van der Waals surface area (Å²) in [7, 11) is 1.84. The van der Waals surface area contributed by atoms with Gasteiger partial charge in [-0.05, 0) is 6.07 Å². The average molecular weight is 288 g/mol. The van der Waals surface area contributed by atoms with Gasteiger partial charge in [0.25, 0.3) is 0 Å². The first-order valence-electron chi connectivity index (χ1n) is 6.00. The molecule has 2 aromatic heterocycles. The first-order chi connectivity index (χ1) is 9.65. The number of nitrogens with zero attached hydrogens (tertiary/aromatic N) is 2. The van der Waals surface area contributed by atoms with Crippen LogP contribution in [-0.4, -0.2) is 20.9 Å². The smallest absolute Gasteiger partial charge is 0.339 e. The van der Waals surface area contributed by atoms with Crippen molar-refractivity contribution in [1.29, 1.82) is 0 Å². The van der Waals surface area contributed by atoms with Crippen LogP contribution in [0.4, 0.5) is 0 Å². The lowest BCUT2D eigenvalue weighted by atomic mass is 10.1. The molecule has 0 spiro atoms. The Kier molecular flexibility index (Phi) is 3.23. The summed E-state index contributed by atoms with van der Waals surface area (Å²) < 4.78 is 7.37. The fourth-order valence-electron chi connectivity index (χ4n) is 2.05. The number of hydrogen-bond donors (Lipinski definition) is 1. The highest BCUT2D eigenvalue weighted by Gasteiger charge is 2.19. The molecule has 0 saturated heterocycles. The van der Waals surface area contributed by atoms with Crippen LogP contribution >= 0.6 is 11.8 Å². The molecule has 0 unspecified atom stereocenters. The third-order valence-corrected chi connectivity index (χ3v) is 3.88. The fraction of sp³-hybridized carbons (Fsp3) is 0.143. The monoisotopic (exact) mass is 288 g/mol. The van der Waals surface area contributed by atoms with Crippen LogP contribution in [0.15, 0.2) is 46.0 Å². The molecule has 0 fully saturated rings. The number of thioether (sulfide) groups is 1. The van der Waals surface area contributed by atoms with Crippen molar-refractivity contribution in [3.05, 3.63) is 48.0 Å². The van der Waals surface area contributed by atoms with Crippen molar-refractivity contribution in [2.45, 2.75) is 10.6 Å². The van der Waals surface area contributed by atoms with E-state index in [0.717, 1.165) is 4.90 Å². The first-order valence-corrected chi connectivity index (χ1v) is 6.99. The molecule has 5 nitrogen and oxygen atoms in total. The Morgan fingerprint density at radius 2 is 2.25 bits per heavy atom. The molecule has 0 aliphatic heterocycles. The van der Waals surface area contributed by atoms with E-state index in [9.17, 15) is 9.90 Å². The van der Waals surface area contributed by atoms with Gasteiger partial charge in [0.15, 0.2) is 0 Å². The van der Waals surface area contributed by atoms with E-state index in [0.29, 0.717) is 22.5 Å². The topological polar surface area (TPSA) is 68.3 Å². The third-order valence-electron chi connectivity index (χ3n) is 2.93. The van der Waals surface area contributed by atoms with Gasteiger partial charge in [-0.1, -0.05) is 18.2 Å². The summed E-state index contributed by atoms with van der Waals surface area (Å²) in [4.78, 5) is 12.4. The molecule has 0 atom stereocenters. The number of benzene rings is 1. The zero-order chi connectivity index (χ0) is 14.1. The van der Waals surface area contributed by atoms with Crippen LogP contribution in [0.5, 0.6) is 0 Å². The molecule has 0 saturated carbocycles. The van der Waals surface area contributed by atoms with Crippen LogP contribution in [0, 0.1) is 0 Å². The summed E-state index contributed by atoms with van der Waals surface area (Å²) in [5, 5.41) is 14.1. The second-order valence-electron chi connectivity index (χ2n) is 4.34. The zero-order valence-corrected chi connectivity index (χ0v) is 11.6. The maximum Gasteiger partial charge on any atom is 0.339 e. The van der Waals surface area contributed by atoms with Crippen molar-refractivity contribution in [2.24, 2.45) is 7.05 Å². The second kappa shape index (κ2) is 5.05. The molecule has 2 heterocycles. The molecule has 0 bridgehead atoms. The third kappa shape index (κ3) is 2.30. The maximum absolute atomic E-state index is 11.4. The van der Waals surface area contributed by atoms with Gasteiger partial charge >= 0.3 is 5.97 Å². The lowest BCUT2D eigenvalue weighted by molar-refractivity contribution is 0.0697. The standard InChI is InChI=1S/C14H12N2O3S/c1-16-7-9(6-15-16)20-8-12-13(14(17)18)10-4-2-3-5-11(10)19-12/h2-7H,8H2,1H3,(H,17,18). The molecule has 1 N–H and O–H groups in total.